The van der Waals surface area contributed by atoms with Gasteiger partial charge in [-0.05, 0) is 37.5 Å². The fourth-order valence-corrected chi connectivity index (χ4v) is 2.82. The fourth-order valence-electron chi connectivity index (χ4n) is 2.82. The second-order valence-corrected chi connectivity index (χ2v) is 4.46. The first-order valence-electron chi connectivity index (χ1n) is 4.96. The number of ether oxygens (including phenoxy) is 1. The van der Waals surface area contributed by atoms with Crippen molar-refractivity contribution in [1.82, 2.24) is 0 Å². The molecule has 2 aliphatic rings. The van der Waals surface area contributed by atoms with Gasteiger partial charge in [0.15, 0.2) is 0 Å². The van der Waals surface area contributed by atoms with Crippen LogP contribution < -0.4 is 0 Å². The molecule has 3 atom stereocenters. The Bertz CT molecular complexity index is 226. The first-order valence-corrected chi connectivity index (χ1v) is 4.96. The maximum atomic E-state index is 10.6. The molecule has 1 N–H and O–H groups in total. The quantitative estimate of drug-likeness (QED) is 0.654. The number of carbonyl (C=O) groups is 1. The Morgan fingerprint density at radius 3 is 2.85 bits per heavy atom. The van der Waals surface area contributed by atoms with Crippen LogP contribution in [0.25, 0.3) is 0 Å². The lowest BCUT2D eigenvalue weighted by Gasteiger charge is -2.31. The minimum Gasteiger partial charge on any atom is -0.463 e. The molecule has 2 rings (SSSR count). The predicted octanol–water partition coefficient (Wildman–Crippen LogP) is 1.10. The summed E-state index contributed by atoms with van der Waals surface area (Å²) >= 11 is 0. The van der Waals surface area contributed by atoms with Crippen LogP contribution in [0.3, 0.4) is 0 Å². The van der Waals surface area contributed by atoms with Crippen LogP contribution in [0.2, 0.25) is 0 Å². The maximum Gasteiger partial charge on any atom is 0.302 e. The molecule has 2 aliphatic carbocycles. The smallest absolute Gasteiger partial charge is 0.302 e. The molecule has 0 radical (unpaired) electrons. The summed E-state index contributed by atoms with van der Waals surface area (Å²) in [4.78, 5) is 10.6. The van der Waals surface area contributed by atoms with E-state index in [0.29, 0.717) is 11.8 Å². The summed E-state index contributed by atoms with van der Waals surface area (Å²) < 4.78 is 4.89. The minimum atomic E-state index is -0.700. The van der Waals surface area contributed by atoms with E-state index in [0.717, 1.165) is 19.3 Å². The van der Waals surface area contributed by atoms with Gasteiger partial charge in [-0.15, -0.1) is 0 Å². The second kappa shape index (κ2) is 2.98. The molecule has 3 nitrogen and oxygen atoms in total. The van der Waals surface area contributed by atoms with Gasteiger partial charge in [-0.2, -0.15) is 0 Å². The number of hydrogen-bond acceptors (Lipinski definition) is 3. The van der Waals surface area contributed by atoms with Crippen molar-refractivity contribution < 1.29 is 14.6 Å². The van der Waals surface area contributed by atoms with Crippen molar-refractivity contribution in [3.8, 4) is 0 Å². The van der Waals surface area contributed by atoms with Gasteiger partial charge in [0.1, 0.15) is 12.2 Å². The molecule has 13 heavy (non-hydrogen) atoms. The van der Waals surface area contributed by atoms with E-state index in [1.54, 1.807) is 0 Å². The third-order valence-corrected chi connectivity index (χ3v) is 3.47. The van der Waals surface area contributed by atoms with Crippen LogP contribution in [0.5, 0.6) is 0 Å². The van der Waals surface area contributed by atoms with Crippen LogP contribution in [0.15, 0.2) is 0 Å². The van der Waals surface area contributed by atoms with Gasteiger partial charge in [0, 0.05) is 6.92 Å². The Morgan fingerprint density at radius 1 is 1.62 bits per heavy atom. The Kier molecular flexibility index (Phi) is 2.06. The highest BCUT2D eigenvalue weighted by Gasteiger charge is 2.50. The van der Waals surface area contributed by atoms with Crippen molar-refractivity contribution in [2.75, 3.05) is 6.61 Å². The zero-order valence-corrected chi connectivity index (χ0v) is 7.95. The van der Waals surface area contributed by atoms with Crippen molar-refractivity contribution in [3.63, 3.8) is 0 Å². The monoisotopic (exact) mass is 184 g/mol. The molecule has 3 unspecified atom stereocenters. The van der Waals surface area contributed by atoms with Gasteiger partial charge in [0.2, 0.25) is 0 Å². The molecule has 0 saturated heterocycles. The van der Waals surface area contributed by atoms with Gasteiger partial charge in [0.25, 0.3) is 0 Å². The van der Waals surface area contributed by atoms with Crippen molar-refractivity contribution in [2.24, 2.45) is 11.8 Å². The van der Waals surface area contributed by atoms with Crippen molar-refractivity contribution in [2.45, 2.75) is 38.2 Å². The number of rotatable bonds is 2. The van der Waals surface area contributed by atoms with Crippen LogP contribution in [0.1, 0.15) is 32.6 Å². The standard InChI is InChI=1S/C10H16O3/c1-7(11)13-6-10(12)5-8-2-3-9(10)4-8/h8-9,12H,2-6H2,1H3. The van der Waals surface area contributed by atoms with E-state index in [9.17, 15) is 9.90 Å². The van der Waals surface area contributed by atoms with E-state index >= 15 is 0 Å². The van der Waals surface area contributed by atoms with E-state index < -0.39 is 5.60 Å². The molecule has 2 bridgehead atoms. The number of carbonyl (C=O) groups excluding carboxylic acids is 1. The Labute approximate surface area is 78.1 Å². The molecule has 0 heterocycles. The van der Waals surface area contributed by atoms with Crippen LogP contribution >= 0.6 is 0 Å². The Morgan fingerprint density at radius 2 is 2.38 bits per heavy atom. The average molecular weight is 184 g/mol. The zero-order valence-electron chi connectivity index (χ0n) is 7.95. The highest BCUT2D eigenvalue weighted by atomic mass is 16.5. The summed E-state index contributed by atoms with van der Waals surface area (Å²) in [6.45, 7) is 1.58. The normalized spacial score (nSPS) is 42.3. The fraction of sp³-hybridized carbons (Fsp3) is 0.900. The summed E-state index contributed by atoms with van der Waals surface area (Å²) in [6, 6.07) is 0. The molecule has 0 amide bonds. The number of aliphatic hydroxyl groups is 1. The first kappa shape index (κ1) is 9.00. The number of fused-ring (bicyclic) bond motifs is 2. The van der Waals surface area contributed by atoms with E-state index in [1.165, 1.54) is 13.3 Å². The molecule has 0 aliphatic heterocycles. The van der Waals surface area contributed by atoms with E-state index in [-0.39, 0.29) is 12.6 Å². The summed E-state index contributed by atoms with van der Waals surface area (Å²) in [5, 5.41) is 10.2. The first-order chi connectivity index (χ1) is 6.10. The van der Waals surface area contributed by atoms with Crippen LogP contribution in [-0.4, -0.2) is 23.3 Å². The van der Waals surface area contributed by atoms with Gasteiger partial charge >= 0.3 is 5.97 Å². The lowest BCUT2D eigenvalue weighted by atomic mass is 9.85. The summed E-state index contributed by atoms with van der Waals surface area (Å²) in [6.07, 6.45) is 4.29. The highest BCUT2D eigenvalue weighted by Crippen LogP contribution is 2.50. The summed E-state index contributed by atoms with van der Waals surface area (Å²) in [5.74, 6) is 0.749. The summed E-state index contributed by atoms with van der Waals surface area (Å²) in [7, 11) is 0. The average Bonchev–Trinajstić information content (AvgIpc) is 2.60. The third kappa shape index (κ3) is 1.57. The van der Waals surface area contributed by atoms with Gasteiger partial charge in [0.05, 0.1) is 0 Å². The summed E-state index contributed by atoms with van der Waals surface area (Å²) in [5.41, 5.74) is -0.700. The Balaban J connectivity index is 1.93. The molecular weight excluding hydrogens is 168 g/mol. The van der Waals surface area contributed by atoms with Gasteiger partial charge < -0.3 is 9.84 Å². The van der Waals surface area contributed by atoms with Crippen LogP contribution in [0.4, 0.5) is 0 Å². The molecule has 2 fully saturated rings. The maximum absolute atomic E-state index is 10.6. The van der Waals surface area contributed by atoms with Crippen LogP contribution in [0, 0.1) is 11.8 Å². The SMILES string of the molecule is CC(=O)OCC1(O)CC2CCC1C2. The van der Waals surface area contributed by atoms with Gasteiger partial charge in [-0.25, -0.2) is 0 Å². The molecule has 3 heteroatoms. The van der Waals surface area contributed by atoms with Crippen molar-refractivity contribution in [1.29, 1.82) is 0 Å². The molecule has 74 valence electrons. The van der Waals surface area contributed by atoms with Gasteiger partial charge in [-0.3, -0.25) is 4.79 Å². The zero-order chi connectivity index (χ0) is 9.47. The van der Waals surface area contributed by atoms with E-state index in [1.807, 2.05) is 0 Å². The molecule has 0 aromatic carbocycles. The molecule has 0 aromatic heterocycles. The van der Waals surface area contributed by atoms with Gasteiger partial charge in [-0.1, -0.05) is 0 Å². The van der Waals surface area contributed by atoms with Crippen molar-refractivity contribution >= 4 is 5.97 Å². The third-order valence-electron chi connectivity index (χ3n) is 3.47. The lowest BCUT2D eigenvalue weighted by molar-refractivity contribution is -0.152. The predicted molar refractivity (Wildman–Crippen MR) is 47.0 cm³/mol. The molecule has 0 spiro atoms. The minimum absolute atomic E-state index is 0.198. The topological polar surface area (TPSA) is 46.5 Å². The second-order valence-electron chi connectivity index (χ2n) is 4.46. The van der Waals surface area contributed by atoms with Crippen molar-refractivity contribution in [3.05, 3.63) is 0 Å². The molecule has 2 saturated carbocycles. The highest BCUT2D eigenvalue weighted by molar-refractivity contribution is 5.65. The van der Waals surface area contributed by atoms with E-state index in [4.69, 9.17) is 4.74 Å². The molecule has 0 aromatic rings. The Hall–Kier alpha value is -0.570. The lowest BCUT2D eigenvalue weighted by Crippen LogP contribution is -2.40. The molecular formula is C10H16O3. The largest absolute Gasteiger partial charge is 0.463 e. The van der Waals surface area contributed by atoms with Crippen LogP contribution in [-0.2, 0) is 9.53 Å². The van der Waals surface area contributed by atoms with E-state index in [2.05, 4.69) is 0 Å². The number of esters is 1. The number of hydrogen-bond donors (Lipinski definition) is 1.